The van der Waals surface area contributed by atoms with E-state index in [4.69, 9.17) is 9.47 Å². The molecule has 168 valence electrons. The van der Waals surface area contributed by atoms with E-state index in [1.807, 2.05) is 24.3 Å². The van der Waals surface area contributed by atoms with Gasteiger partial charge in [0, 0.05) is 17.7 Å². The Kier molecular flexibility index (Phi) is 8.22. The van der Waals surface area contributed by atoms with Gasteiger partial charge in [0.15, 0.2) is 0 Å². The lowest BCUT2D eigenvalue weighted by molar-refractivity contribution is 0.150. The molecular weight excluding hydrogens is 394 g/mol. The lowest BCUT2D eigenvalue weighted by Crippen LogP contribution is -2.34. The summed E-state index contributed by atoms with van der Waals surface area (Å²) in [4.78, 5) is 2.65. The zero-order valence-electron chi connectivity index (χ0n) is 19.2. The maximum Gasteiger partial charge on any atom is 0.128 e. The highest BCUT2D eigenvalue weighted by molar-refractivity contribution is 5.43. The Morgan fingerprint density at radius 3 is 2.00 bits per heavy atom. The molecule has 0 saturated carbocycles. The molecule has 0 N–H and O–H groups in total. The molecule has 3 nitrogen and oxygen atoms in total. The standard InChI is InChI=1S/C29H35NO2/c1-2-12-28(30-19-10-5-11-20-30)27-18-17-26(31-22-24-13-6-3-7-14-24)21-29(27)32-23-25-15-8-4-9-16-25/h3-4,6-9,13-18,21,28H,2,5,10-12,19-20,22-23H2,1H3. The number of likely N-dealkylation sites (tertiary alicyclic amines) is 1. The molecule has 32 heavy (non-hydrogen) atoms. The van der Waals surface area contributed by atoms with E-state index in [1.165, 1.54) is 49.0 Å². The molecule has 0 spiro atoms. The van der Waals surface area contributed by atoms with E-state index >= 15 is 0 Å². The summed E-state index contributed by atoms with van der Waals surface area (Å²) in [5, 5.41) is 0. The van der Waals surface area contributed by atoms with E-state index < -0.39 is 0 Å². The average molecular weight is 430 g/mol. The molecule has 3 aromatic carbocycles. The number of hydrogen-bond acceptors (Lipinski definition) is 3. The smallest absolute Gasteiger partial charge is 0.128 e. The minimum absolute atomic E-state index is 0.397. The van der Waals surface area contributed by atoms with Gasteiger partial charge in [-0.15, -0.1) is 0 Å². The number of hydrogen-bond donors (Lipinski definition) is 0. The monoisotopic (exact) mass is 429 g/mol. The van der Waals surface area contributed by atoms with Crippen LogP contribution in [0.25, 0.3) is 0 Å². The van der Waals surface area contributed by atoms with Crippen molar-refractivity contribution < 1.29 is 9.47 Å². The summed E-state index contributed by atoms with van der Waals surface area (Å²) in [5.74, 6) is 1.80. The number of ether oxygens (including phenoxy) is 2. The van der Waals surface area contributed by atoms with E-state index in [0.717, 1.165) is 24.3 Å². The Hall–Kier alpha value is -2.78. The third kappa shape index (κ3) is 6.14. The molecule has 1 aliphatic heterocycles. The van der Waals surface area contributed by atoms with Crippen LogP contribution in [-0.4, -0.2) is 18.0 Å². The highest BCUT2D eigenvalue weighted by Crippen LogP contribution is 2.37. The van der Waals surface area contributed by atoms with Gasteiger partial charge in [0.2, 0.25) is 0 Å². The SMILES string of the molecule is CCCC(c1ccc(OCc2ccccc2)cc1OCc1ccccc1)N1CCCCC1. The van der Waals surface area contributed by atoms with Gasteiger partial charge in [-0.25, -0.2) is 0 Å². The zero-order chi connectivity index (χ0) is 22.0. The highest BCUT2D eigenvalue weighted by Gasteiger charge is 2.25. The minimum atomic E-state index is 0.397. The van der Waals surface area contributed by atoms with Crippen molar-refractivity contribution in [3.05, 3.63) is 95.6 Å². The fourth-order valence-electron chi connectivity index (χ4n) is 4.52. The quantitative estimate of drug-likeness (QED) is 0.341. The van der Waals surface area contributed by atoms with E-state index in [0.29, 0.717) is 19.3 Å². The summed E-state index contributed by atoms with van der Waals surface area (Å²) in [6.07, 6.45) is 6.23. The van der Waals surface area contributed by atoms with Crippen LogP contribution in [0.15, 0.2) is 78.9 Å². The van der Waals surface area contributed by atoms with Gasteiger partial charge in [0.05, 0.1) is 0 Å². The van der Waals surface area contributed by atoms with Gasteiger partial charge in [-0.3, -0.25) is 4.90 Å². The van der Waals surface area contributed by atoms with Crippen LogP contribution >= 0.6 is 0 Å². The molecule has 0 amide bonds. The maximum absolute atomic E-state index is 6.43. The summed E-state index contributed by atoms with van der Waals surface area (Å²) in [6.45, 7) is 5.75. The topological polar surface area (TPSA) is 21.7 Å². The Morgan fingerprint density at radius 1 is 0.750 bits per heavy atom. The van der Waals surface area contributed by atoms with Gasteiger partial charge in [0.1, 0.15) is 24.7 Å². The molecule has 0 bridgehead atoms. The van der Waals surface area contributed by atoms with Crippen molar-refractivity contribution in [1.82, 2.24) is 4.90 Å². The first kappa shape index (κ1) is 22.4. The second kappa shape index (κ2) is 11.7. The molecule has 0 aromatic heterocycles. The largest absolute Gasteiger partial charge is 0.489 e. The van der Waals surface area contributed by atoms with Crippen LogP contribution in [0.3, 0.4) is 0 Å². The van der Waals surface area contributed by atoms with Gasteiger partial charge in [-0.05, 0) is 49.5 Å². The second-order valence-corrected chi connectivity index (χ2v) is 8.65. The van der Waals surface area contributed by atoms with Crippen LogP contribution < -0.4 is 9.47 Å². The Morgan fingerprint density at radius 2 is 1.38 bits per heavy atom. The fourth-order valence-corrected chi connectivity index (χ4v) is 4.52. The number of piperidine rings is 1. The lowest BCUT2D eigenvalue weighted by Gasteiger charge is -2.35. The van der Waals surface area contributed by atoms with E-state index in [-0.39, 0.29) is 0 Å². The molecular formula is C29H35NO2. The summed E-state index contributed by atoms with van der Waals surface area (Å²) < 4.78 is 12.6. The van der Waals surface area contributed by atoms with Crippen LogP contribution in [0.5, 0.6) is 11.5 Å². The minimum Gasteiger partial charge on any atom is -0.489 e. The second-order valence-electron chi connectivity index (χ2n) is 8.65. The summed E-state index contributed by atoms with van der Waals surface area (Å²) in [5.41, 5.74) is 3.64. The van der Waals surface area contributed by atoms with Gasteiger partial charge in [0.25, 0.3) is 0 Å². The molecule has 1 saturated heterocycles. The number of benzene rings is 3. The molecule has 1 unspecified atom stereocenters. The fraction of sp³-hybridized carbons (Fsp3) is 0.379. The van der Waals surface area contributed by atoms with Crippen LogP contribution in [-0.2, 0) is 13.2 Å². The average Bonchev–Trinajstić information content (AvgIpc) is 2.87. The maximum atomic E-state index is 6.43. The van der Waals surface area contributed by atoms with Crippen LogP contribution in [0.2, 0.25) is 0 Å². The van der Waals surface area contributed by atoms with Crippen LogP contribution in [0.1, 0.15) is 61.8 Å². The predicted molar refractivity (Wildman–Crippen MR) is 131 cm³/mol. The van der Waals surface area contributed by atoms with E-state index in [1.54, 1.807) is 0 Å². The molecule has 0 radical (unpaired) electrons. The zero-order valence-corrected chi connectivity index (χ0v) is 19.2. The number of rotatable bonds is 10. The van der Waals surface area contributed by atoms with Crippen molar-refractivity contribution in [2.24, 2.45) is 0 Å². The van der Waals surface area contributed by atoms with Crippen molar-refractivity contribution in [1.29, 1.82) is 0 Å². The third-order valence-corrected chi connectivity index (χ3v) is 6.22. The van der Waals surface area contributed by atoms with Gasteiger partial charge in [-0.1, -0.05) is 86.5 Å². The molecule has 1 atom stereocenters. The molecule has 0 aliphatic carbocycles. The molecule has 3 heteroatoms. The van der Waals surface area contributed by atoms with Gasteiger partial charge in [-0.2, -0.15) is 0 Å². The normalized spacial score (nSPS) is 15.3. The first-order valence-electron chi connectivity index (χ1n) is 12.0. The van der Waals surface area contributed by atoms with E-state index in [2.05, 4.69) is 66.4 Å². The lowest BCUT2D eigenvalue weighted by atomic mass is 9.97. The summed E-state index contributed by atoms with van der Waals surface area (Å²) >= 11 is 0. The van der Waals surface area contributed by atoms with Crippen molar-refractivity contribution in [2.45, 2.75) is 58.3 Å². The first-order chi connectivity index (χ1) is 15.8. The van der Waals surface area contributed by atoms with Crippen molar-refractivity contribution in [2.75, 3.05) is 13.1 Å². The highest BCUT2D eigenvalue weighted by atomic mass is 16.5. The van der Waals surface area contributed by atoms with Crippen molar-refractivity contribution in [3.8, 4) is 11.5 Å². The third-order valence-electron chi connectivity index (χ3n) is 6.22. The van der Waals surface area contributed by atoms with Crippen molar-refractivity contribution >= 4 is 0 Å². The predicted octanol–water partition coefficient (Wildman–Crippen LogP) is 7.17. The van der Waals surface area contributed by atoms with Crippen LogP contribution in [0, 0.1) is 0 Å². The van der Waals surface area contributed by atoms with Gasteiger partial charge < -0.3 is 9.47 Å². The summed E-state index contributed by atoms with van der Waals surface area (Å²) in [7, 11) is 0. The molecule has 3 aromatic rings. The number of nitrogens with zero attached hydrogens (tertiary/aromatic N) is 1. The molecule has 1 heterocycles. The Bertz CT molecular complexity index is 936. The first-order valence-corrected chi connectivity index (χ1v) is 12.0. The van der Waals surface area contributed by atoms with Gasteiger partial charge >= 0.3 is 0 Å². The van der Waals surface area contributed by atoms with Crippen LogP contribution in [0.4, 0.5) is 0 Å². The molecule has 1 aliphatic rings. The Balaban J connectivity index is 1.57. The van der Waals surface area contributed by atoms with Crippen molar-refractivity contribution in [3.63, 3.8) is 0 Å². The molecule has 1 fully saturated rings. The summed E-state index contributed by atoms with van der Waals surface area (Å²) in [6, 6.07) is 27.5. The Labute approximate surface area is 193 Å². The van der Waals surface area contributed by atoms with E-state index in [9.17, 15) is 0 Å². The molecule has 4 rings (SSSR count).